The zero-order valence-electron chi connectivity index (χ0n) is 17.8. The first-order valence-electron chi connectivity index (χ1n) is 10.3. The fourth-order valence-electron chi connectivity index (χ4n) is 3.60. The van der Waals surface area contributed by atoms with E-state index in [1.54, 1.807) is 33.9 Å². The minimum absolute atomic E-state index is 0. The minimum atomic E-state index is -0.578. The maximum Gasteiger partial charge on any atom is 0.308 e. The minimum Gasteiger partial charge on any atom is -1.00 e. The van der Waals surface area contributed by atoms with Crippen molar-refractivity contribution in [3.8, 4) is 22.1 Å². The molecule has 11 heteroatoms. The van der Waals surface area contributed by atoms with Crippen LogP contribution in [0.5, 0.6) is 0 Å². The molecule has 2 aromatic carbocycles. The Morgan fingerprint density at radius 2 is 1.66 bits per heavy atom. The molecule has 1 aromatic heterocycles. The molecule has 0 aliphatic carbocycles. The van der Waals surface area contributed by atoms with Crippen molar-refractivity contribution in [2.75, 3.05) is 0 Å². The molecule has 0 saturated heterocycles. The van der Waals surface area contributed by atoms with E-state index in [9.17, 15) is 9.59 Å². The van der Waals surface area contributed by atoms with Gasteiger partial charge < -0.3 is 12.4 Å². The maximum absolute atomic E-state index is 12.3. The predicted octanol–water partition coefficient (Wildman–Crippen LogP) is 1.03. The number of azo groups is 1. The van der Waals surface area contributed by atoms with Gasteiger partial charge in [-0.15, -0.1) is 21.6 Å². The van der Waals surface area contributed by atoms with Crippen molar-refractivity contribution in [2.24, 2.45) is 10.2 Å². The summed E-state index contributed by atoms with van der Waals surface area (Å²) in [6, 6.07) is 20.5. The number of halogens is 1. The Labute approximate surface area is 208 Å². The fourth-order valence-corrected chi connectivity index (χ4v) is 4.29. The Morgan fingerprint density at radius 1 is 0.857 bits per heavy atom. The van der Waals surface area contributed by atoms with Crippen LogP contribution in [-0.4, -0.2) is 31.8 Å². The first-order chi connectivity index (χ1) is 16.7. The second-order valence-corrected chi connectivity index (χ2v) is 8.30. The Morgan fingerprint density at radius 3 is 2.46 bits per heavy atom. The van der Waals surface area contributed by atoms with Gasteiger partial charge in [0.1, 0.15) is 5.69 Å². The lowest BCUT2D eigenvalue weighted by Gasteiger charge is -2.08. The normalized spacial score (nSPS) is 12.8. The van der Waals surface area contributed by atoms with Gasteiger partial charge in [0.05, 0.1) is 11.1 Å². The number of aromatic nitrogens is 5. The average molecular weight is 500 g/mol. The third kappa shape index (κ3) is 4.16. The van der Waals surface area contributed by atoms with Crippen LogP contribution in [0.3, 0.4) is 0 Å². The van der Waals surface area contributed by atoms with Crippen LogP contribution < -0.4 is 17.2 Å². The van der Waals surface area contributed by atoms with Crippen molar-refractivity contribution in [1.82, 2.24) is 20.0 Å². The highest BCUT2D eigenvalue weighted by molar-refractivity contribution is 7.12. The first kappa shape index (κ1) is 22.4. The summed E-state index contributed by atoms with van der Waals surface area (Å²) in [6.07, 6.45) is 3.71. The lowest BCUT2D eigenvalue weighted by molar-refractivity contribution is -0.737. The summed E-state index contributed by atoms with van der Waals surface area (Å²) in [7, 11) is 0. The van der Waals surface area contributed by atoms with Crippen LogP contribution in [0.15, 0.2) is 82.3 Å². The summed E-state index contributed by atoms with van der Waals surface area (Å²) < 4.78 is 0. The summed E-state index contributed by atoms with van der Waals surface area (Å²) in [4.78, 5) is 32.1. The Kier molecular flexibility index (Phi) is 5.81. The number of carbonyl (C=O) groups excluding carboxylic acids is 2. The molecule has 0 fully saturated rings. The van der Waals surface area contributed by atoms with Gasteiger partial charge in [0, 0.05) is 22.8 Å². The maximum atomic E-state index is 12.3. The van der Waals surface area contributed by atoms with Crippen molar-refractivity contribution in [1.29, 1.82) is 0 Å². The number of fused-ring (bicyclic) bond motifs is 2. The van der Waals surface area contributed by atoms with Crippen LogP contribution in [0.2, 0.25) is 0 Å². The molecular formula is C24H14ClN7O2S. The molecule has 170 valence electrons. The molecule has 35 heavy (non-hydrogen) atoms. The molecule has 9 nitrogen and oxygen atoms in total. The summed E-state index contributed by atoms with van der Waals surface area (Å²) in [5, 5.41) is 18.9. The van der Waals surface area contributed by atoms with Gasteiger partial charge in [-0.1, -0.05) is 41.4 Å². The van der Waals surface area contributed by atoms with E-state index in [0.29, 0.717) is 17.3 Å². The zero-order valence-corrected chi connectivity index (χ0v) is 19.4. The molecule has 6 rings (SSSR count). The summed E-state index contributed by atoms with van der Waals surface area (Å²) in [6.45, 7) is 0. The predicted molar refractivity (Wildman–Crippen MR) is 124 cm³/mol. The number of hydrogen-bond donors (Lipinski definition) is 0. The molecule has 3 aliphatic rings. The highest BCUT2D eigenvalue weighted by Gasteiger charge is 2.27. The van der Waals surface area contributed by atoms with Crippen molar-refractivity contribution in [2.45, 2.75) is 0 Å². The van der Waals surface area contributed by atoms with E-state index < -0.39 is 11.8 Å². The van der Waals surface area contributed by atoms with Crippen LogP contribution in [0.25, 0.3) is 34.2 Å². The quantitative estimate of drug-likeness (QED) is 0.343. The number of hydrogen-bond acceptors (Lipinski definition) is 6. The molecule has 0 saturated carbocycles. The number of carbonyl (C=O) groups is 2. The number of rotatable bonds is 4. The lowest BCUT2D eigenvalue weighted by atomic mass is 10.0. The largest absolute Gasteiger partial charge is 1.00 e. The Bertz CT molecular complexity index is 1580. The molecule has 0 N–H and O–H groups in total. The van der Waals surface area contributed by atoms with Crippen LogP contribution in [0.4, 0.5) is 0 Å². The molecular weight excluding hydrogens is 486 g/mol. The van der Waals surface area contributed by atoms with E-state index in [1.807, 2.05) is 60.0 Å². The van der Waals surface area contributed by atoms with Gasteiger partial charge in [-0.2, -0.15) is 0 Å². The van der Waals surface area contributed by atoms with Gasteiger partial charge in [0.25, 0.3) is 17.6 Å². The van der Waals surface area contributed by atoms with Gasteiger partial charge >= 0.3 is 5.82 Å². The highest BCUT2D eigenvalue weighted by atomic mass is 35.5. The van der Waals surface area contributed by atoms with E-state index in [0.717, 1.165) is 16.1 Å². The van der Waals surface area contributed by atoms with Crippen molar-refractivity contribution in [3.05, 3.63) is 94.6 Å². The van der Waals surface area contributed by atoms with Crippen molar-refractivity contribution < 1.29 is 26.8 Å². The van der Waals surface area contributed by atoms with Crippen LogP contribution in [0, 0.1) is 0 Å². The molecule has 3 aromatic rings. The molecule has 0 unspecified atom stereocenters. The van der Waals surface area contributed by atoms with Gasteiger partial charge in [0.15, 0.2) is 5.01 Å². The topological polar surface area (TPSA) is 106 Å². The summed E-state index contributed by atoms with van der Waals surface area (Å²) in [5.41, 5.74) is 2.90. The van der Waals surface area contributed by atoms with Crippen molar-refractivity contribution in [3.63, 3.8) is 0 Å². The number of nitrogens with zero attached hydrogens (tertiary/aromatic N) is 7. The molecule has 4 heterocycles. The number of benzene rings is 2. The van der Waals surface area contributed by atoms with E-state index >= 15 is 0 Å². The van der Waals surface area contributed by atoms with E-state index in [2.05, 4.69) is 20.4 Å². The molecule has 0 radical (unpaired) electrons. The van der Waals surface area contributed by atoms with Crippen LogP contribution >= 0.6 is 11.3 Å². The SMILES string of the molecule is O=C1N=NC(=O)c2cc(-n3nc(C=Cc4ccccc4)n[n+]3-c3cc4cccsc-4n3)ccc21.[Cl-]. The van der Waals surface area contributed by atoms with Gasteiger partial charge in [-0.05, 0) is 56.0 Å². The summed E-state index contributed by atoms with van der Waals surface area (Å²) >= 11 is 1.53. The summed E-state index contributed by atoms with van der Waals surface area (Å²) in [5.74, 6) is -0.112. The smallest absolute Gasteiger partial charge is 0.308 e. The monoisotopic (exact) mass is 499 g/mol. The standard InChI is InChI=1S/C24H14N7O2S.ClH/c32-22-18-10-9-17(14-19(18)23(33)27-26-22)30-28-20(11-8-15-5-2-1-3-6-15)29-31(30)21-13-16-7-4-12-34-24(16)25-21;/h1-14H;1H/q+1;/p-1. The number of tetrazole rings is 1. The van der Waals surface area contributed by atoms with Crippen molar-refractivity contribution >= 4 is 35.3 Å². The molecule has 3 aliphatic heterocycles. The van der Waals surface area contributed by atoms with E-state index in [-0.39, 0.29) is 23.5 Å². The Balaban J connectivity index is 0.00000253. The molecule has 0 bridgehead atoms. The fraction of sp³-hybridized carbons (Fsp3) is 0. The van der Waals surface area contributed by atoms with Gasteiger partial charge in [-0.3, -0.25) is 9.59 Å². The molecule has 0 spiro atoms. The van der Waals surface area contributed by atoms with Crippen LogP contribution in [0.1, 0.15) is 32.1 Å². The van der Waals surface area contributed by atoms with Crippen LogP contribution in [-0.2, 0) is 0 Å². The second-order valence-electron chi connectivity index (χ2n) is 7.41. The van der Waals surface area contributed by atoms with Gasteiger partial charge in [-0.25, -0.2) is 0 Å². The Hall–Kier alpha value is -4.41. The van der Waals surface area contributed by atoms with E-state index in [1.165, 1.54) is 11.3 Å². The second kappa shape index (κ2) is 9.09. The average Bonchev–Trinajstić information content (AvgIpc) is 3.50. The lowest BCUT2D eigenvalue weighted by Crippen LogP contribution is -3.00. The first-order valence-corrected chi connectivity index (χ1v) is 11.2. The number of amides is 2. The molecule has 2 amide bonds. The highest BCUT2D eigenvalue weighted by Crippen LogP contribution is 2.26. The third-order valence-corrected chi connectivity index (χ3v) is 6.05. The van der Waals surface area contributed by atoms with E-state index in [4.69, 9.17) is 4.98 Å². The third-order valence-electron chi connectivity index (χ3n) is 5.21. The van der Waals surface area contributed by atoms with Gasteiger partial charge in [0.2, 0.25) is 0 Å². The zero-order chi connectivity index (χ0) is 23.1. The molecule has 0 atom stereocenters.